The van der Waals surface area contributed by atoms with Crippen LogP contribution >= 0.6 is 0 Å². The van der Waals surface area contributed by atoms with Gasteiger partial charge in [-0.15, -0.1) is 0 Å². The lowest BCUT2D eigenvalue weighted by molar-refractivity contribution is -0.139. The normalized spacial score (nSPS) is 18.1. The second kappa shape index (κ2) is 9.24. The van der Waals surface area contributed by atoms with Gasteiger partial charge in [0.1, 0.15) is 18.4 Å². The molecule has 2 atom stereocenters. The molecule has 0 saturated carbocycles. The number of rotatable bonds is 9. The minimum absolute atomic E-state index is 0.130. The Kier molecular flexibility index (Phi) is 7.02. The maximum Gasteiger partial charge on any atom is 0.326 e. The molecule has 2 unspecified atom stereocenters. The lowest BCUT2D eigenvalue weighted by Crippen LogP contribution is -2.41. The van der Waals surface area contributed by atoms with Gasteiger partial charge in [0.2, 0.25) is 0 Å². The minimum Gasteiger partial charge on any atom is -0.491 e. The van der Waals surface area contributed by atoms with Gasteiger partial charge in [0.25, 0.3) is 5.91 Å². The number of carbonyl (C=O) groups excluding carboxylic acids is 1. The number of hydrogen-bond donors (Lipinski definition) is 2. The van der Waals surface area contributed by atoms with E-state index in [4.69, 9.17) is 19.3 Å². The van der Waals surface area contributed by atoms with Gasteiger partial charge < -0.3 is 24.6 Å². The number of carbonyl (C=O) groups is 2. The number of aliphatic carboxylic acids is 1. The van der Waals surface area contributed by atoms with Gasteiger partial charge in [0.15, 0.2) is 0 Å². The molecule has 7 heteroatoms. The summed E-state index contributed by atoms with van der Waals surface area (Å²) in [5, 5.41) is 11.6. The zero-order valence-corrected chi connectivity index (χ0v) is 13.7. The molecule has 24 heavy (non-hydrogen) atoms. The SMILES string of the molecule is COCCC(NC(=O)c1ccc(OCC2CCCO2)cc1)C(=O)O. The Balaban J connectivity index is 1.86. The smallest absolute Gasteiger partial charge is 0.326 e. The molecule has 2 N–H and O–H groups in total. The lowest BCUT2D eigenvalue weighted by Gasteiger charge is -2.14. The number of hydrogen-bond acceptors (Lipinski definition) is 5. The van der Waals surface area contributed by atoms with Crippen LogP contribution < -0.4 is 10.1 Å². The Labute approximate surface area is 140 Å². The van der Waals surface area contributed by atoms with Crippen molar-refractivity contribution in [2.24, 2.45) is 0 Å². The molecule has 0 bridgehead atoms. The van der Waals surface area contributed by atoms with Crippen molar-refractivity contribution in [2.75, 3.05) is 26.9 Å². The Morgan fingerprint density at radius 2 is 2.12 bits per heavy atom. The van der Waals surface area contributed by atoms with Crippen molar-refractivity contribution >= 4 is 11.9 Å². The van der Waals surface area contributed by atoms with E-state index in [1.807, 2.05) is 0 Å². The fourth-order valence-corrected chi connectivity index (χ4v) is 2.40. The van der Waals surface area contributed by atoms with E-state index >= 15 is 0 Å². The molecule has 1 fully saturated rings. The van der Waals surface area contributed by atoms with Gasteiger partial charge in [-0.25, -0.2) is 4.79 Å². The number of carboxylic acids is 1. The first kappa shape index (κ1) is 18.2. The van der Waals surface area contributed by atoms with Gasteiger partial charge in [-0.05, 0) is 37.1 Å². The fourth-order valence-electron chi connectivity index (χ4n) is 2.40. The van der Waals surface area contributed by atoms with Gasteiger partial charge in [-0.1, -0.05) is 0 Å². The molecule has 1 aromatic carbocycles. The van der Waals surface area contributed by atoms with E-state index in [0.29, 0.717) is 17.9 Å². The third kappa shape index (κ3) is 5.50. The summed E-state index contributed by atoms with van der Waals surface area (Å²) in [5.41, 5.74) is 0.378. The highest BCUT2D eigenvalue weighted by atomic mass is 16.5. The summed E-state index contributed by atoms with van der Waals surface area (Å²) in [6.07, 6.45) is 2.39. The van der Waals surface area contributed by atoms with Crippen molar-refractivity contribution in [1.82, 2.24) is 5.32 Å². The van der Waals surface area contributed by atoms with Gasteiger partial charge in [-0.3, -0.25) is 4.79 Å². The highest BCUT2D eigenvalue weighted by Crippen LogP contribution is 2.16. The van der Waals surface area contributed by atoms with E-state index in [0.717, 1.165) is 19.4 Å². The molecule has 1 saturated heterocycles. The summed E-state index contributed by atoms with van der Waals surface area (Å²) in [7, 11) is 1.48. The third-order valence-corrected chi connectivity index (χ3v) is 3.79. The topological polar surface area (TPSA) is 94.1 Å². The van der Waals surface area contributed by atoms with Crippen LogP contribution in [0.15, 0.2) is 24.3 Å². The average molecular weight is 337 g/mol. The van der Waals surface area contributed by atoms with Crippen molar-refractivity contribution in [1.29, 1.82) is 0 Å². The number of ether oxygens (including phenoxy) is 3. The molecule has 1 aliphatic heterocycles. The molecule has 0 radical (unpaired) electrons. The van der Waals surface area contributed by atoms with Crippen LogP contribution in [-0.2, 0) is 14.3 Å². The molecule has 1 heterocycles. The molecule has 0 aliphatic carbocycles. The first-order chi connectivity index (χ1) is 11.6. The first-order valence-electron chi connectivity index (χ1n) is 7.97. The van der Waals surface area contributed by atoms with Crippen LogP contribution in [0.1, 0.15) is 29.6 Å². The number of carboxylic acid groups (broad SMARTS) is 1. The minimum atomic E-state index is -1.09. The second-order valence-electron chi connectivity index (χ2n) is 5.62. The number of methoxy groups -OCH3 is 1. The van der Waals surface area contributed by atoms with Crippen molar-refractivity contribution in [2.45, 2.75) is 31.4 Å². The molecule has 1 aromatic rings. The van der Waals surface area contributed by atoms with Gasteiger partial charge in [0.05, 0.1) is 6.10 Å². The number of benzene rings is 1. The van der Waals surface area contributed by atoms with Gasteiger partial charge in [-0.2, -0.15) is 0 Å². The zero-order chi connectivity index (χ0) is 17.4. The summed E-state index contributed by atoms with van der Waals surface area (Å²) in [6, 6.07) is 5.61. The molecule has 132 valence electrons. The van der Waals surface area contributed by atoms with Crippen molar-refractivity contribution < 1.29 is 28.9 Å². The molecule has 0 aromatic heterocycles. The summed E-state index contributed by atoms with van der Waals surface area (Å²) in [6.45, 7) is 1.53. The van der Waals surface area contributed by atoms with Crippen LogP contribution in [0.2, 0.25) is 0 Å². The number of nitrogens with one attached hydrogen (secondary N) is 1. The largest absolute Gasteiger partial charge is 0.491 e. The van der Waals surface area contributed by atoms with Crippen molar-refractivity contribution in [3.05, 3.63) is 29.8 Å². The van der Waals surface area contributed by atoms with Crippen LogP contribution in [0.3, 0.4) is 0 Å². The fraction of sp³-hybridized carbons (Fsp3) is 0.529. The molecule has 1 amide bonds. The Hall–Kier alpha value is -2.12. The zero-order valence-electron chi connectivity index (χ0n) is 13.7. The highest BCUT2D eigenvalue weighted by molar-refractivity contribution is 5.96. The molecular formula is C17H23NO6. The predicted octanol–water partition coefficient (Wildman–Crippen LogP) is 1.46. The Morgan fingerprint density at radius 3 is 2.71 bits per heavy atom. The van der Waals surface area contributed by atoms with Crippen LogP contribution in [-0.4, -0.2) is 56.1 Å². The monoisotopic (exact) mass is 337 g/mol. The van der Waals surface area contributed by atoms with Crippen LogP contribution in [0.4, 0.5) is 0 Å². The second-order valence-corrected chi connectivity index (χ2v) is 5.62. The number of amides is 1. The Bertz CT molecular complexity index is 539. The van der Waals surface area contributed by atoms with Crippen LogP contribution in [0, 0.1) is 0 Å². The summed E-state index contributed by atoms with van der Waals surface area (Å²) in [4.78, 5) is 23.3. The molecule has 2 rings (SSSR count). The molecular weight excluding hydrogens is 314 g/mol. The Morgan fingerprint density at radius 1 is 1.38 bits per heavy atom. The van der Waals surface area contributed by atoms with E-state index in [2.05, 4.69) is 5.32 Å². The first-order valence-corrected chi connectivity index (χ1v) is 7.97. The highest BCUT2D eigenvalue weighted by Gasteiger charge is 2.20. The van der Waals surface area contributed by atoms with E-state index in [9.17, 15) is 9.59 Å². The van der Waals surface area contributed by atoms with Crippen molar-refractivity contribution in [3.8, 4) is 5.75 Å². The molecule has 0 spiro atoms. The lowest BCUT2D eigenvalue weighted by atomic mass is 10.1. The summed E-state index contributed by atoms with van der Waals surface area (Å²) >= 11 is 0. The standard InChI is InChI=1S/C17H23NO6/c1-22-10-8-15(17(20)21)18-16(19)12-4-6-13(7-5-12)24-11-14-3-2-9-23-14/h4-7,14-15H,2-3,8-11H2,1H3,(H,18,19)(H,20,21). The van der Waals surface area contributed by atoms with Crippen molar-refractivity contribution in [3.63, 3.8) is 0 Å². The van der Waals surface area contributed by atoms with Crippen LogP contribution in [0.5, 0.6) is 5.75 Å². The van der Waals surface area contributed by atoms with E-state index in [-0.39, 0.29) is 19.1 Å². The van der Waals surface area contributed by atoms with Gasteiger partial charge in [0, 0.05) is 32.3 Å². The quantitative estimate of drug-likeness (QED) is 0.708. The summed E-state index contributed by atoms with van der Waals surface area (Å²) < 4.78 is 16.0. The van der Waals surface area contributed by atoms with Crippen LogP contribution in [0.25, 0.3) is 0 Å². The predicted molar refractivity (Wildman–Crippen MR) is 86.3 cm³/mol. The van der Waals surface area contributed by atoms with Gasteiger partial charge >= 0.3 is 5.97 Å². The third-order valence-electron chi connectivity index (χ3n) is 3.79. The molecule has 7 nitrogen and oxygen atoms in total. The molecule has 1 aliphatic rings. The maximum atomic E-state index is 12.1. The maximum absolute atomic E-state index is 12.1. The van der Waals surface area contributed by atoms with E-state index in [1.165, 1.54) is 7.11 Å². The van der Waals surface area contributed by atoms with E-state index in [1.54, 1.807) is 24.3 Å². The van der Waals surface area contributed by atoms with E-state index < -0.39 is 17.9 Å². The average Bonchev–Trinajstić information content (AvgIpc) is 3.10. The summed E-state index contributed by atoms with van der Waals surface area (Å²) in [5.74, 6) is -0.877.